The molecule has 0 spiro atoms. The zero-order valence-electron chi connectivity index (χ0n) is 15.4. The lowest BCUT2D eigenvalue weighted by Gasteiger charge is -2.15. The molecular weight excluding hydrogens is 326 g/mol. The highest BCUT2D eigenvalue weighted by Crippen LogP contribution is 2.15. The molecule has 0 aromatic heterocycles. The number of carboxylic acids is 1. The SMILES string of the molecule is CC(C)CC(NC/C=C/c1ccc(OCc2ccccc2)cc1)C(=O)O. The fourth-order valence-corrected chi connectivity index (χ4v) is 2.56. The lowest BCUT2D eigenvalue weighted by molar-refractivity contribution is -0.139. The summed E-state index contributed by atoms with van der Waals surface area (Å²) in [4.78, 5) is 11.2. The van der Waals surface area contributed by atoms with Gasteiger partial charge in [0.25, 0.3) is 0 Å². The number of aliphatic carboxylic acids is 1. The van der Waals surface area contributed by atoms with E-state index in [4.69, 9.17) is 4.74 Å². The molecule has 2 N–H and O–H groups in total. The molecular formula is C22H27NO3. The normalized spacial score (nSPS) is 12.4. The van der Waals surface area contributed by atoms with Gasteiger partial charge in [0, 0.05) is 6.54 Å². The van der Waals surface area contributed by atoms with Crippen LogP contribution in [-0.4, -0.2) is 23.7 Å². The largest absolute Gasteiger partial charge is 0.489 e. The second kappa shape index (κ2) is 10.4. The highest BCUT2D eigenvalue weighted by Gasteiger charge is 2.16. The molecule has 0 saturated carbocycles. The van der Waals surface area contributed by atoms with Gasteiger partial charge in [-0.2, -0.15) is 0 Å². The first-order valence-corrected chi connectivity index (χ1v) is 8.94. The van der Waals surface area contributed by atoms with E-state index in [0.29, 0.717) is 25.5 Å². The molecule has 0 amide bonds. The molecule has 0 radical (unpaired) electrons. The Morgan fingerprint density at radius 2 is 1.81 bits per heavy atom. The van der Waals surface area contributed by atoms with Gasteiger partial charge in [-0.1, -0.05) is 68.5 Å². The van der Waals surface area contributed by atoms with Crippen LogP contribution in [0.4, 0.5) is 0 Å². The number of hydrogen-bond acceptors (Lipinski definition) is 3. The van der Waals surface area contributed by atoms with Crippen LogP contribution in [0.1, 0.15) is 31.4 Å². The second-order valence-corrected chi connectivity index (χ2v) is 6.67. The molecule has 0 bridgehead atoms. The van der Waals surface area contributed by atoms with E-state index in [1.165, 1.54) is 0 Å². The minimum absolute atomic E-state index is 0.344. The summed E-state index contributed by atoms with van der Waals surface area (Å²) in [6.07, 6.45) is 4.54. The Labute approximate surface area is 155 Å². The van der Waals surface area contributed by atoms with Crippen molar-refractivity contribution in [3.05, 3.63) is 71.8 Å². The number of carboxylic acid groups (broad SMARTS) is 1. The summed E-state index contributed by atoms with van der Waals surface area (Å²) in [5.41, 5.74) is 2.19. The minimum Gasteiger partial charge on any atom is -0.489 e. The number of ether oxygens (including phenoxy) is 1. The van der Waals surface area contributed by atoms with Crippen molar-refractivity contribution in [1.29, 1.82) is 0 Å². The maximum atomic E-state index is 11.2. The van der Waals surface area contributed by atoms with Crippen molar-refractivity contribution >= 4 is 12.0 Å². The number of hydrogen-bond donors (Lipinski definition) is 2. The van der Waals surface area contributed by atoms with Crippen molar-refractivity contribution in [2.45, 2.75) is 32.9 Å². The quantitative estimate of drug-likeness (QED) is 0.666. The summed E-state index contributed by atoms with van der Waals surface area (Å²) in [6, 6.07) is 17.4. The zero-order valence-corrected chi connectivity index (χ0v) is 15.4. The van der Waals surface area contributed by atoms with E-state index in [1.807, 2.05) is 80.6 Å². The first-order valence-electron chi connectivity index (χ1n) is 8.94. The van der Waals surface area contributed by atoms with Crippen LogP contribution in [0.25, 0.3) is 6.08 Å². The Kier molecular flexibility index (Phi) is 7.90. The van der Waals surface area contributed by atoms with Gasteiger partial charge >= 0.3 is 5.97 Å². The molecule has 0 heterocycles. The van der Waals surface area contributed by atoms with Crippen LogP contribution in [0.2, 0.25) is 0 Å². The first-order chi connectivity index (χ1) is 12.5. The van der Waals surface area contributed by atoms with Crippen molar-refractivity contribution in [2.75, 3.05) is 6.54 Å². The standard InChI is InChI=1S/C22H27NO3/c1-17(2)15-21(22(24)25)23-14-6-9-18-10-12-20(13-11-18)26-16-19-7-4-3-5-8-19/h3-13,17,21,23H,14-16H2,1-2H3,(H,24,25)/b9-6+. The molecule has 4 heteroatoms. The fraction of sp³-hybridized carbons (Fsp3) is 0.318. The van der Waals surface area contributed by atoms with E-state index >= 15 is 0 Å². The van der Waals surface area contributed by atoms with Crippen molar-refractivity contribution < 1.29 is 14.6 Å². The van der Waals surface area contributed by atoms with Crippen molar-refractivity contribution in [3.63, 3.8) is 0 Å². The zero-order chi connectivity index (χ0) is 18.8. The highest BCUT2D eigenvalue weighted by molar-refractivity contribution is 5.73. The Morgan fingerprint density at radius 1 is 1.12 bits per heavy atom. The van der Waals surface area contributed by atoms with E-state index < -0.39 is 12.0 Å². The van der Waals surface area contributed by atoms with Crippen LogP contribution < -0.4 is 10.1 Å². The van der Waals surface area contributed by atoms with Crippen LogP contribution in [-0.2, 0) is 11.4 Å². The van der Waals surface area contributed by atoms with Crippen LogP contribution in [0.3, 0.4) is 0 Å². The molecule has 0 saturated heterocycles. The van der Waals surface area contributed by atoms with Gasteiger partial charge < -0.3 is 15.2 Å². The van der Waals surface area contributed by atoms with Gasteiger partial charge in [0.1, 0.15) is 18.4 Å². The monoisotopic (exact) mass is 353 g/mol. The van der Waals surface area contributed by atoms with Crippen molar-refractivity contribution in [2.24, 2.45) is 5.92 Å². The lowest BCUT2D eigenvalue weighted by Crippen LogP contribution is -2.37. The fourth-order valence-electron chi connectivity index (χ4n) is 2.56. The van der Waals surface area contributed by atoms with Gasteiger partial charge in [0.05, 0.1) is 0 Å². The number of nitrogens with one attached hydrogen (secondary N) is 1. The van der Waals surface area contributed by atoms with Crippen molar-refractivity contribution in [3.8, 4) is 5.75 Å². The Hall–Kier alpha value is -2.59. The highest BCUT2D eigenvalue weighted by atomic mass is 16.5. The molecule has 26 heavy (non-hydrogen) atoms. The molecule has 2 rings (SSSR count). The average Bonchev–Trinajstić information content (AvgIpc) is 2.64. The van der Waals surface area contributed by atoms with Crippen LogP contribution >= 0.6 is 0 Å². The van der Waals surface area contributed by atoms with E-state index in [9.17, 15) is 9.90 Å². The minimum atomic E-state index is -0.799. The second-order valence-electron chi connectivity index (χ2n) is 6.67. The smallest absolute Gasteiger partial charge is 0.320 e. The maximum Gasteiger partial charge on any atom is 0.320 e. The molecule has 4 nitrogen and oxygen atoms in total. The van der Waals surface area contributed by atoms with Crippen LogP contribution in [0, 0.1) is 5.92 Å². The third-order valence-corrected chi connectivity index (χ3v) is 3.93. The average molecular weight is 353 g/mol. The molecule has 0 fully saturated rings. The Bertz CT molecular complexity index is 693. The number of benzene rings is 2. The molecule has 0 aliphatic carbocycles. The van der Waals surface area contributed by atoms with E-state index in [-0.39, 0.29) is 0 Å². The van der Waals surface area contributed by atoms with Crippen molar-refractivity contribution in [1.82, 2.24) is 5.32 Å². The van der Waals surface area contributed by atoms with Crippen LogP contribution in [0.5, 0.6) is 5.75 Å². The summed E-state index contributed by atoms with van der Waals surface area (Å²) in [6.45, 7) is 5.12. The Morgan fingerprint density at radius 3 is 2.42 bits per heavy atom. The topological polar surface area (TPSA) is 58.6 Å². The molecule has 1 atom stereocenters. The molecule has 0 aliphatic heterocycles. The summed E-state index contributed by atoms with van der Waals surface area (Å²) in [5, 5.41) is 12.3. The van der Waals surface area contributed by atoms with Gasteiger partial charge in [-0.3, -0.25) is 4.79 Å². The van der Waals surface area contributed by atoms with Gasteiger partial charge in [-0.25, -0.2) is 0 Å². The first kappa shape index (κ1) is 19.7. The summed E-state index contributed by atoms with van der Waals surface area (Å²) in [7, 11) is 0. The van der Waals surface area contributed by atoms with Gasteiger partial charge in [-0.15, -0.1) is 0 Å². The Balaban J connectivity index is 1.79. The third-order valence-electron chi connectivity index (χ3n) is 3.93. The molecule has 138 valence electrons. The third kappa shape index (κ3) is 7.11. The van der Waals surface area contributed by atoms with E-state index in [1.54, 1.807) is 0 Å². The summed E-state index contributed by atoms with van der Waals surface area (Å²) >= 11 is 0. The summed E-state index contributed by atoms with van der Waals surface area (Å²) in [5.74, 6) is 0.370. The van der Waals surface area contributed by atoms with Gasteiger partial charge in [-0.05, 0) is 35.6 Å². The van der Waals surface area contributed by atoms with Gasteiger partial charge in [0.15, 0.2) is 0 Å². The lowest BCUT2D eigenvalue weighted by atomic mass is 10.0. The maximum absolute atomic E-state index is 11.2. The molecule has 2 aromatic rings. The molecule has 0 aliphatic rings. The predicted octanol–water partition coefficient (Wildman–Crippen LogP) is 4.37. The molecule has 1 unspecified atom stereocenters. The number of rotatable bonds is 10. The van der Waals surface area contributed by atoms with E-state index in [2.05, 4.69) is 5.32 Å². The molecule has 2 aromatic carbocycles. The van der Waals surface area contributed by atoms with Gasteiger partial charge in [0.2, 0.25) is 0 Å². The van der Waals surface area contributed by atoms with E-state index in [0.717, 1.165) is 16.9 Å². The predicted molar refractivity (Wildman–Crippen MR) is 105 cm³/mol. The summed E-state index contributed by atoms with van der Waals surface area (Å²) < 4.78 is 5.77. The van der Waals surface area contributed by atoms with Crippen LogP contribution in [0.15, 0.2) is 60.7 Å². The number of carbonyl (C=O) groups is 1.